The summed E-state index contributed by atoms with van der Waals surface area (Å²) in [6.45, 7) is 0.289. The lowest BCUT2D eigenvalue weighted by Gasteiger charge is -2.06. The summed E-state index contributed by atoms with van der Waals surface area (Å²) < 4.78 is 41.7. The highest BCUT2D eigenvalue weighted by molar-refractivity contribution is 7.89. The molecule has 0 bridgehead atoms. The second-order valence-electron chi connectivity index (χ2n) is 5.69. The molecule has 1 saturated heterocycles. The van der Waals surface area contributed by atoms with Crippen molar-refractivity contribution in [1.29, 1.82) is 0 Å². The molecule has 142 valence electrons. The number of furan rings is 1. The van der Waals surface area contributed by atoms with Crippen LogP contribution in [-0.2, 0) is 35.6 Å². The molecule has 0 spiro atoms. The topological polar surface area (TPSA) is 112 Å². The van der Waals surface area contributed by atoms with Crippen molar-refractivity contribution in [2.45, 2.75) is 24.0 Å². The Balaban J connectivity index is 1.57. The number of hydrogen-bond acceptors (Lipinski definition) is 7. The Kier molecular flexibility index (Phi) is 5.72. The molecule has 1 aliphatic rings. The molecule has 9 heteroatoms. The Morgan fingerprint density at radius 3 is 2.67 bits per heavy atom. The first-order valence-corrected chi connectivity index (χ1v) is 9.60. The zero-order valence-electron chi connectivity index (χ0n) is 14.2. The molecular formula is C18H17NO7S. The molecule has 1 fully saturated rings. The Morgan fingerprint density at radius 2 is 2.04 bits per heavy atom. The third-order valence-corrected chi connectivity index (χ3v) is 5.18. The van der Waals surface area contributed by atoms with Gasteiger partial charge in [0.2, 0.25) is 16.1 Å². The zero-order valence-corrected chi connectivity index (χ0v) is 15.0. The van der Waals surface area contributed by atoms with Gasteiger partial charge in [-0.3, -0.25) is 0 Å². The van der Waals surface area contributed by atoms with Crippen molar-refractivity contribution in [1.82, 2.24) is 4.72 Å². The molecule has 1 aliphatic heterocycles. The van der Waals surface area contributed by atoms with Gasteiger partial charge >= 0.3 is 11.9 Å². The van der Waals surface area contributed by atoms with Crippen LogP contribution in [0.1, 0.15) is 17.7 Å². The zero-order chi connectivity index (χ0) is 19.3. The molecule has 1 unspecified atom stereocenters. The third kappa shape index (κ3) is 5.05. The van der Waals surface area contributed by atoms with Crippen molar-refractivity contribution >= 4 is 28.0 Å². The maximum absolute atomic E-state index is 12.2. The van der Waals surface area contributed by atoms with E-state index in [9.17, 15) is 18.0 Å². The van der Waals surface area contributed by atoms with Crippen molar-refractivity contribution in [3.05, 3.63) is 60.1 Å². The summed E-state index contributed by atoms with van der Waals surface area (Å²) in [5.41, 5.74) is 0.603. The van der Waals surface area contributed by atoms with Crippen LogP contribution in [0, 0.1) is 0 Å². The van der Waals surface area contributed by atoms with Crippen molar-refractivity contribution in [3.63, 3.8) is 0 Å². The van der Waals surface area contributed by atoms with E-state index in [4.69, 9.17) is 13.9 Å². The van der Waals surface area contributed by atoms with Crippen molar-refractivity contribution < 1.29 is 31.9 Å². The molecule has 1 aromatic carbocycles. The van der Waals surface area contributed by atoms with Crippen LogP contribution in [0.15, 0.2) is 58.1 Å². The number of benzene rings is 1. The smallest absolute Gasteiger partial charge is 0.347 e. The predicted molar refractivity (Wildman–Crippen MR) is 93.7 cm³/mol. The summed E-state index contributed by atoms with van der Waals surface area (Å²) >= 11 is 0. The SMILES string of the molecule is O=C(/C=C/c1ccc(S(=O)(=O)NCc2ccco2)cc1)OC1CCOC1=O. The van der Waals surface area contributed by atoms with Crippen LogP contribution in [0.3, 0.4) is 0 Å². The van der Waals surface area contributed by atoms with Gasteiger partial charge in [-0.25, -0.2) is 22.7 Å². The van der Waals surface area contributed by atoms with Crippen LogP contribution < -0.4 is 4.72 Å². The van der Waals surface area contributed by atoms with Gasteiger partial charge in [0.15, 0.2) is 0 Å². The summed E-state index contributed by atoms with van der Waals surface area (Å²) in [6.07, 6.45) is 3.58. The van der Waals surface area contributed by atoms with E-state index in [1.807, 2.05) is 0 Å². The first-order chi connectivity index (χ1) is 12.9. The average molecular weight is 391 g/mol. The number of ether oxygens (including phenoxy) is 2. The highest BCUT2D eigenvalue weighted by atomic mass is 32.2. The van der Waals surface area contributed by atoms with Gasteiger partial charge in [-0.1, -0.05) is 12.1 Å². The van der Waals surface area contributed by atoms with Crippen molar-refractivity contribution in [3.8, 4) is 0 Å². The highest BCUT2D eigenvalue weighted by Gasteiger charge is 2.29. The van der Waals surface area contributed by atoms with Crippen molar-refractivity contribution in [2.75, 3.05) is 6.61 Å². The number of cyclic esters (lactones) is 1. The van der Waals surface area contributed by atoms with E-state index in [1.165, 1.54) is 30.5 Å². The number of carbonyl (C=O) groups is 2. The lowest BCUT2D eigenvalue weighted by molar-refractivity contribution is -0.156. The maximum Gasteiger partial charge on any atom is 0.347 e. The molecule has 1 aromatic heterocycles. The van der Waals surface area contributed by atoms with E-state index < -0.39 is 28.1 Å². The first kappa shape index (κ1) is 18.9. The second kappa shape index (κ2) is 8.19. The monoisotopic (exact) mass is 391 g/mol. The van der Waals surface area contributed by atoms with E-state index in [0.29, 0.717) is 17.7 Å². The number of esters is 2. The van der Waals surface area contributed by atoms with E-state index in [-0.39, 0.29) is 18.0 Å². The van der Waals surface area contributed by atoms with Gasteiger partial charge < -0.3 is 13.9 Å². The summed E-state index contributed by atoms with van der Waals surface area (Å²) in [5, 5.41) is 0. The maximum atomic E-state index is 12.2. The molecule has 3 rings (SSSR count). The largest absolute Gasteiger partial charge is 0.468 e. The number of hydrogen-bond donors (Lipinski definition) is 1. The second-order valence-corrected chi connectivity index (χ2v) is 7.45. The molecule has 27 heavy (non-hydrogen) atoms. The van der Waals surface area contributed by atoms with Gasteiger partial charge in [-0.05, 0) is 35.9 Å². The summed E-state index contributed by atoms with van der Waals surface area (Å²) in [4.78, 5) is 23.0. The molecule has 1 N–H and O–H groups in total. The summed E-state index contributed by atoms with van der Waals surface area (Å²) in [7, 11) is -3.68. The van der Waals surface area contributed by atoms with Gasteiger partial charge in [0.1, 0.15) is 5.76 Å². The Morgan fingerprint density at radius 1 is 1.26 bits per heavy atom. The quantitative estimate of drug-likeness (QED) is 0.564. The normalized spacial score (nSPS) is 17.2. The summed E-state index contributed by atoms with van der Waals surface area (Å²) in [6, 6.07) is 9.28. The van der Waals surface area contributed by atoms with Gasteiger partial charge in [-0.2, -0.15) is 0 Å². The van der Waals surface area contributed by atoms with Crippen LogP contribution in [0.2, 0.25) is 0 Å². The van der Waals surface area contributed by atoms with Crippen LogP contribution in [0.25, 0.3) is 6.08 Å². The standard InChI is InChI=1S/C18H17NO7S/c20-17(26-16-9-11-25-18(16)21)8-5-13-3-6-15(7-4-13)27(22,23)19-12-14-2-1-10-24-14/h1-8,10,16,19H,9,11-12H2/b8-5+. The molecule has 8 nitrogen and oxygen atoms in total. The van der Waals surface area contributed by atoms with Crippen LogP contribution in [0.5, 0.6) is 0 Å². The number of carbonyl (C=O) groups excluding carboxylic acids is 2. The number of sulfonamides is 1. The van der Waals surface area contributed by atoms with E-state index in [1.54, 1.807) is 24.3 Å². The fourth-order valence-electron chi connectivity index (χ4n) is 2.35. The molecule has 2 aromatic rings. The average Bonchev–Trinajstić information content (AvgIpc) is 3.31. The lowest BCUT2D eigenvalue weighted by Crippen LogP contribution is -2.22. The number of rotatable bonds is 7. The molecular weight excluding hydrogens is 374 g/mol. The lowest BCUT2D eigenvalue weighted by atomic mass is 10.2. The minimum atomic E-state index is -3.68. The third-order valence-electron chi connectivity index (χ3n) is 3.76. The Labute approximate surface area is 155 Å². The van der Waals surface area contributed by atoms with E-state index in [0.717, 1.165) is 0 Å². The Hall–Kier alpha value is -2.91. The fraction of sp³-hybridized carbons (Fsp3) is 0.222. The fourth-order valence-corrected chi connectivity index (χ4v) is 3.34. The van der Waals surface area contributed by atoms with Gasteiger partial charge in [0.25, 0.3) is 0 Å². The number of nitrogens with one attached hydrogen (secondary N) is 1. The first-order valence-electron chi connectivity index (χ1n) is 8.11. The molecule has 0 amide bonds. The van der Waals surface area contributed by atoms with Crippen molar-refractivity contribution in [2.24, 2.45) is 0 Å². The molecule has 0 aliphatic carbocycles. The van der Waals surface area contributed by atoms with E-state index >= 15 is 0 Å². The van der Waals surface area contributed by atoms with E-state index in [2.05, 4.69) is 4.72 Å². The molecule has 0 saturated carbocycles. The minimum Gasteiger partial charge on any atom is -0.468 e. The van der Waals surface area contributed by atoms with Crippen LogP contribution >= 0.6 is 0 Å². The van der Waals surface area contributed by atoms with Gasteiger partial charge in [0.05, 0.1) is 24.3 Å². The molecule has 2 heterocycles. The highest BCUT2D eigenvalue weighted by Crippen LogP contribution is 2.14. The predicted octanol–water partition coefficient (Wildman–Crippen LogP) is 1.63. The Bertz CT molecular complexity index is 931. The van der Waals surface area contributed by atoms with Crippen LogP contribution in [-0.4, -0.2) is 33.1 Å². The van der Waals surface area contributed by atoms with Gasteiger partial charge in [-0.15, -0.1) is 0 Å². The molecule has 0 radical (unpaired) electrons. The molecule has 1 atom stereocenters. The van der Waals surface area contributed by atoms with Gasteiger partial charge in [0, 0.05) is 12.5 Å². The minimum absolute atomic E-state index is 0.0480. The summed E-state index contributed by atoms with van der Waals surface area (Å²) in [5.74, 6) is -0.716. The van der Waals surface area contributed by atoms with Crippen LogP contribution in [0.4, 0.5) is 0 Å².